The summed E-state index contributed by atoms with van der Waals surface area (Å²) in [5, 5.41) is 9.79. The molecule has 2 saturated heterocycles. The standard InChI is InChI=1S/C20H25NO5/c1-19(2,3)26-18(24)20-13(10-22)9-14(20)16-21(17(20)23)15(11-25-16)12-7-5-4-6-8-12/h4-8,13-16,22H,9-11H2,1-3H3/t13-,14-,15+,16+,20+/m0/s1. The maximum absolute atomic E-state index is 13.5. The Kier molecular flexibility index (Phi) is 3.90. The Balaban J connectivity index is 1.71. The zero-order chi connectivity index (χ0) is 18.7. The van der Waals surface area contributed by atoms with Gasteiger partial charge in [-0.1, -0.05) is 30.3 Å². The van der Waals surface area contributed by atoms with Crippen molar-refractivity contribution in [2.24, 2.45) is 17.3 Å². The van der Waals surface area contributed by atoms with E-state index in [9.17, 15) is 14.7 Å². The monoisotopic (exact) mass is 359 g/mol. The molecule has 2 aliphatic heterocycles. The molecule has 1 N–H and O–H groups in total. The van der Waals surface area contributed by atoms with Gasteiger partial charge in [-0.15, -0.1) is 0 Å². The van der Waals surface area contributed by atoms with Gasteiger partial charge in [-0.25, -0.2) is 0 Å². The van der Waals surface area contributed by atoms with Crippen LogP contribution in [0.25, 0.3) is 0 Å². The van der Waals surface area contributed by atoms with Gasteiger partial charge in [0.1, 0.15) is 11.8 Å². The molecule has 4 rings (SSSR count). The van der Waals surface area contributed by atoms with Crippen LogP contribution in [0.2, 0.25) is 0 Å². The van der Waals surface area contributed by atoms with Crippen molar-refractivity contribution in [1.82, 2.24) is 4.90 Å². The highest BCUT2D eigenvalue weighted by atomic mass is 16.6. The van der Waals surface area contributed by atoms with Crippen LogP contribution in [0.4, 0.5) is 0 Å². The number of amides is 1. The average molecular weight is 359 g/mol. The second kappa shape index (κ2) is 5.79. The molecule has 1 aromatic carbocycles. The Hall–Kier alpha value is -1.92. The van der Waals surface area contributed by atoms with Crippen molar-refractivity contribution in [3.05, 3.63) is 35.9 Å². The van der Waals surface area contributed by atoms with Crippen molar-refractivity contribution in [1.29, 1.82) is 0 Å². The molecule has 0 spiro atoms. The van der Waals surface area contributed by atoms with Crippen LogP contribution in [0.15, 0.2) is 30.3 Å². The topological polar surface area (TPSA) is 76.1 Å². The van der Waals surface area contributed by atoms with Crippen LogP contribution in [0, 0.1) is 17.3 Å². The summed E-state index contributed by atoms with van der Waals surface area (Å²) in [5.41, 5.74) is -1.02. The Morgan fingerprint density at radius 1 is 1.35 bits per heavy atom. The van der Waals surface area contributed by atoms with E-state index in [2.05, 4.69) is 0 Å². The zero-order valence-electron chi connectivity index (χ0n) is 15.3. The van der Waals surface area contributed by atoms with Gasteiger partial charge < -0.3 is 19.5 Å². The summed E-state index contributed by atoms with van der Waals surface area (Å²) in [6, 6.07) is 9.51. The number of carbonyl (C=O) groups excluding carboxylic acids is 2. The molecule has 1 aliphatic carbocycles. The van der Waals surface area contributed by atoms with Crippen LogP contribution < -0.4 is 0 Å². The molecule has 0 unspecified atom stereocenters. The summed E-state index contributed by atoms with van der Waals surface area (Å²) < 4.78 is 11.6. The molecule has 3 aliphatic rings. The molecule has 6 heteroatoms. The molecule has 0 bridgehead atoms. The Bertz CT molecular complexity index is 727. The third-order valence-electron chi connectivity index (χ3n) is 5.88. The highest BCUT2D eigenvalue weighted by Gasteiger charge is 2.76. The number of hydrogen-bond donors (Lipinski definition) is 1. The second-order valence-corrected chi connectivity index (χ2v) is 8.46. The van der Waals surface area contributed by atoms with E-state index in [1.807, 2.05) is 30.3 Å². The number of rotatable bonds is 3. The van der Waals surface area contributed by atoms with Crippen LogP contribution in [-0.4, -0.2) is 46.9 Å². The molecule has 5 atom stereocenters. The lowest BCUT2D eigenvalue weighted by Gasteiger charge is -2.48. The van der Waals surface area contributed by atoms with E-state index >= 15 is 0 Å². The smallest absolute Gasteiger partial charge is 0.323 e. The van der Waals surface area contributed by atoms with Crippen molar-refractivity contribution in [3.63, 3.8) is 0 Å². The average Bonchev–Trinajstić information content (AvgIpc) is 3.04. The van der Waals surface area contributed by atoms with E-state index in [0.717, 1.165) is 5.56 Å². The van der Waals surface area contributed by atoms with Gasteiger partial charge in [-0.05, 0) is 32.8 Å². The second-order valence-electron chi connectivity index (χ2n) is 8.46. The SMILES string of the molecule is CC(C)(C)OC(=O)[C@@]12C(=O)N3[C@@H](c4ccccc4)CO[C@@H]3[C@@H]1C[C@H]2CO. The number of benzene rings is 1. The van der Waals surface area contributed by atoms with Gasteiger partial charge in [0, 0.05) is 18.4 Å². The van der Waals surface area contributed by atoms with E-state index in [0.29, 0.717) is 13.0 Å². The molecule has 140 valence electrons. The summed E-state index contributed by atoms with van der Waals surface area (Å²) in [7, 11) is 0. The molecule has 6 nitrogen and oxygen atoms in total. The van der Waals surface area contributed by atoms with Crippen LogP contribution in [0.3, 0.4) is 0 Å². The lowest BCUT2D eigenvalue weighted by Crippen LogP contribution is -2.60. The van der Waals surface area contributed by atoms with E-state index in [1.165, 1.54) is 0 Å². The molecule has 1 amide bonds. The quantitative estimate of drug-likeness (QED) is 0.659. The first kappa shape index (κ1) is 17.5. The first-order chi connectivity index (χ1) is 12.3. The summed E-state index contributed by atoms with van der Waals surface area (Å²) in [5.74, 6) is -1.48. The maximum Gasteiger partial charge on any atom is 0.323 e. The fourth-order valence-electron chi connectivity index (χ4n) is 4.72. The Morgan fingerprint density at radius 2 is 2.04 bits per heavy atom. The molecule has 2 heterocycles. The van der Waals surface area contributed by atoms with Crippen molar-refractivity contribution in [3.8, 4) is 0 Å². The zero-order valence-corrected chi connectivity index (χ0v) is 15.3. The third-order valence-corrected chi connectivity index (χ3v) is 5.88. The first-order valence-electron chi connectivity index (χ1n) is 9.14. The highest BCUT2D eigenvalue weighted by Crippen LogP contribution is 2.63. The molecule has 26 heavy (non-hydrogen) atoms. The minimum atomic E-state index is -1.32. The lowest BCUT2D eigenvalue weighted by atomic mass is 9.53. The van der Waals surface area contributed by atoms with E-state index in [-0.39, 0.29) is 24.5 Å². The number of fused-ring (bicyclic) bond motifs is 3. The minimum absolute atomic E-state index is 0.210. The molecule has 0 radical (unpaired) electrons. The predicted molar refractivity (Wildman–Crippen MR) is 92.7 cm³/mol. The van der Waals surface area contributed by atoms with E-state index in [1.54, 1.807) is 25.7 Å². The van der Waals surface area contributed by atoms with Gasteiger partial charge in [0.15, 0.2) is 5.41 Å². The first-order valence-corrected chi connectivity index (χ1v) is 9.14. The Labute approximate surface area is 153 Å². The van der Waals surface area contributed by atoms with Crippen LogP contribution in [-0.2, 0) is 19.1 Å². The van der Waals surface area contributed by atoms with Gasteiger partial charge in [-0.2, -0.15) is 0 Å². The van der Waals surface area contributed by atoms with Crippen LogP contribution in [0.1, 0.15) is 38.8 Å². The molecular formula is C20H25NO5. The number of hydrogen-bond acceptors (Lipinski definition) is 5. The van der Waals surface area contributed by atoms with Gasteiger partial charge in [0.2, 0.25) is 5.91 Å². The minimum Gasteiger partial charge on any atom is -0.459 e. The molecular weight excluding hydrogens is 334 g/mol. The normalized spacial score (nSPS) is 35.7. The van der Waals surface area contributed by atoms with Crippen LogP contribution in [0.5, 0.6) is 0 Å². The fourth-order valence-corrected chi connectivity index (χ4v) is 4.72. The lowest BCUT2D eigenvalue weighted by molar-refractivity contribution is -0.195. The summed E-state index contributed by atoms with van der Waals surface area (Å²) >= 11 is 0. The largest absolute Gasteiger partial charge is 0.459 e. The van der Waals surface area contributed by atoms with Gasteiger partial charge in [0.25, 0.3) is 0 Å². The summed E-state index contributed by atoms with van der Waals surface area (Å²) in [4.78, 5) is 28.3. The van der Waals surface area contributed by atoms with E-state index in [4.69, 9.17) is 9.47 Å². The van der Waals surface area contributed by atoms with Gasteiger partial charge >= 0.3 is 5.97 Å². The number of aliphatic hydroxyl groups is 1. The Morgan fingerprint density at radius 3 is 2.65 bits per heavy atom. The molecule has 1 saturated carbocycles. The summed E-state index contributed by atoms with van der Waals surface area (Å²) in [6.45, 7) is 5.57. The molecule has 0 aromatic heterocycles. The number of nitrogens with zero attached hydrogens (tertiary/aromatic N) is 1. The van der Waals surface area contributed by atoms with Crippen molar-refractivity contribution in [2.75, 3.05) is 13.2 Å². The van der Waals surface area contributed by atoms with E-state index < -0.39 is 29.1 Å². The van der Waals surface area contributed by atoms with Crippen molar-refractivity contribution < 1.29 is 24.2 Å². The number of ether oxygens (including phenoxy) is 2. The molecule has 1 aromatic rings. The van der Waals surface area contributed by atoms with Crippen molar-refractivity contribution in [2.45, 2.75) is 45.1 Å². The maximum atomic E-state index is 13.5. The number of aliphatic hydroxyl groups excluding tert-OH is 1. The number of carbonyl (C=O) groups is 2. The fraction of sp³-hybridized carbons (Fsp3) is 0.600. The summed E-state index contributed by atoms with van der Waals surface area (Å²) in [6.07, 6.45) is 0.160. The van der Waals surface area contributed by atoms with Gasteiger partial charge in [-0.3, -0.25) is 9.59 Å². The molecule has 3 fully saturated rings. The number of esters is 1. The van der Waals surface area contributed by atoms with Crippen molar-refractivity contribution >= 4 is 11.9 Å². The highest BCUT2D eigenvalue weighted by molar-refractivity contribution is 6.07. The van der Waals surface area contributed by atoms with Gasteiger partial charge in [0.05, 0.1) is 12.6 Å². The third kappa shape index (κ3) is 2.25. The predicted octanol–water partition coefficient (Wildman–Crippen LogP) is 1.88. The van der Waals surface area contributed by atoms with Crippen LogP contribution >= 0.6 is 0 Å².